The zero-order valence-electron chi connectivity index (χ0n) is 7.27. The number of aromatic hydroxyl groups is 1. The van der Waals surface area contributed by atoms with E-state index in [0.717, 1.165) is 5.69 Å². The molecule has 1 aromatic carbocycles. The van der Waals surface area contributed by atoms with E-state index >= 15 is 0 Å². The van der Waals surface area contributed by atoms with Crippen LogP contribution >= 0.6 is 0 Å². The molecule has 0 atom stereocenters. The fourth-order valence-electron chi connectivity index (χ4n) is 0.951. The Morgan fingerprint density at radius 2 is 2.15 bits per heavy atom. The molecular weight excluding hydrogens is 166 g/mol. The first-order valence-corrected chi connectivity index (χ1v) is 4.11. The molecule has 0 aliphatic carbocycles. The number of aliphatic hydroxyl groups is 1. The lowest BCUT2D eigenvalue weighted by Crippen LogP contribution is -1.97. The van der Waals surface area contributed by atoms with Crippen LogP contribution in [0, 0.1) is 0 Å². The molecule has 0 fully saturated rings. The van der Waals surface area contributed by atoms with E-state index in [1.165, 1.54) is 0 Å². The van der Waals surface area contributed by atoms with Crippen molar-refractivity contribution < 1.29 is 10.2 Å². The third-order valence-corrected chi connectivity index (χ3v) is 1.54. The summed E-state index contributed by atoms with van der Waals surface area (Å²) in [6.45, 7) is 0.700. The Labute approximate surface area is 77.3 Å². The minimum absolute atomic E-state index is 0.0573. The monoisotopic (exact) mass is 179 g/mol. The molecule has 0 spiro atoms. The molecule has 0 heterocycles. The summed E-state index contributed by atoms with van der Waals surface area (Å²) in [6.07, 6.45) is 3.49. The highest BCUT2D eigenvalue weighted by molar-refractivity contribution is 5.47. The van der Waals surface area contributed by atoms with Gasteiger partial charge in [-0.3, -0.25) is 0 Å². The molecule has 1 rings (SSSR count). The topological polar surface area (TPSA) is 52.5 Å². The lowest BCUT2D eigenvalue weighted by Gasteiger charge is -2.02. The quantitative estimate of drug-likeness (QED) is 0.611. The van der Waals surface area contributed by atoms with Gasteiger partial charge in [-0.2, -0.15) is 0 Å². The van der Waals surface area contributed by atoms with Crippen molar-refractivity contribution in [3.63, 3.8) is 0 Å². The standard InChI is InChI=1S/C10H13NO2/c12-7-2-1-6-11-9-4-3-5-10(13)8-9/h1-5,8,11-13H,6-7H2/b2-1+. The minimum atomic E-state index is 0.0573. The molecule has 0 unspecified atom stereocenters. The molecule has 0 radical (unpaired) electrons. The van der Waals surface area contributed by atoms with E-state index in [4.69, 9.17) is 10.2 Å². The highest BCUT2D eigenvalue weighted by Crippen LogP contribution is 2.14. The van der Waals surface area contributed by atoms with Crippen LogP contribution in [0.25, 0.3) is 0 Å². The van der Waals surface area contributed by atoms with Crippen molar-refractivity contribution in [2.75, 3.05) is 18.5 Å². The minimum Gasteiger partial charge on any atom is -0.508 e. The van der Waals surface area contributed by atoms with Crippen molar-refractivity contribution in [3.8, 4) is 5.75 Å². The van der Waals surface area contributed by atoms with E-state index in [-0.39, 0.29) is 12.4 Å². The molecule has 13 heavy (non-hydrogen) atoms. The first-order chi connectivity index (χ1) is 6.33. The molecule has 0 aliphatic heterocycles. The van der Waals surface area contributed by atoms with Crippen LogP contribution in [0.2, 0.25) is 0 Å². The molecule has 0 saturated carbocycles. The average Bonchev–Trinajstić information content (AvgIpc) is 2.13. The van der Waals surface area contributed by atoms with Gasteiger partial charge in [0.25, 0.3) is 0 Å². The van der Waals surface area contributed by atoms with E-state index < -0.39 is 0 Å². The average molecular weight is 179 g/mol. The third kappa shape index (κ3) is 3.62. The van der Waals surface area contributed by atoms with E-state index in [9.17, 15) is 0 Å². The van der Waals surface area contributed by atoms with Gasteiger partial charge in [0, 0.05) is 18.3 Å². The number of nitrogens with one attached hydrogen (secondary N) is 1. The van der Waals surface area contributed by atoms with Gasteiger partial charge < -0.3 is 15.5 Å². The predicted molar refractivity (Wildman–Crippen MR) is 52.8 cm³/mol. The van der Waals surface area contributed by atoms with Gasteiger partial charge in [-0.1, -0.05) is 18.2 Å². The van der Waals surface area contributed by atoms with Crippen LogP contribution in [-0.2, 0) is 0 Å². The van der Waals surface area contributed by atoms with Gasteiger partial charge >= 0.3 is 0 Å². The van der Waals surface area contributed by atoms with Crippen LogP contribution in [-0.4, -0.2) is 23.4 Å². The van der Waals surface area contributed by atoms with Crippen LogP contribution in [0.15, 0.2) is 36.4 Å². The molecule has 1 aromatic rings. The van der Waals surface area contributed by atoms with Crippen LogP contribution in [0.5, 0.6) is 5.75 Å². The zero-order chi connectivity index (χ0) is 9.52. The number of hydrogen-bond donors (Lipinski definition) is 3. The second-order valence-electron chi connectivity index (χ2n) is 2.59. The molecule has 3 nitrogen and oxygen atoms in total. The molecule has 0 saturated heterocycles. The van der Waals surface area contributed by atoms with Crippen molar-refractivity contribution in [2.24, 2.45) is 0 Å². The summed E-state index contributed by atoms with van der Waals surface area (Å²) in [7, 11) is 0. The highest BCUT2D eigenvalue weighted by Gasteiger charge is 1.90. The second-order valence-corrected chi connectivity index (χ2v) is 2.59. The van der Waals surface area contributed by atoms with Crippen LogP contribution < -0.4 is 5.32 Å². The lowest BCUT2D eigenvalue weighted by atomic mass is 10.3. The molecular formula is C10H13NO2. The number of aliphatic hydroxyl groups excluding tert-OH is 1. The van der Waals surface area contributed by atoms with Gasteiger partial charge in [0.15, 0.2) is 0 Å². The first-order valence-electron chi connectivity index (χ1n) is 4.11. The molecule has 70 valence electrons. The number of phenols is 1. The maximum absolute atomic E-state index is 9.12. The second kappa shape index (κ2) is 5.22. The van der Waals surface area contributed by atoms with Gasteiger partial charge in [0.2, 0.25) is 0 Å². The van der Waals surface area contributed by atoms with E-state index in [1.807, 2.05) is 12.1 Å². The van der Waals surface area contributed by atoms with Crippen molar-refractivity contribution in [1.82, 2.24) is 0 Å². The summed E-state index contributed by atoms with van der Waals surface area (Å²) in [6, 6.07) is 6.90. The summed E-state index contributed by atoms with van der Waals surface area (Å²) in [4.78, 5) is 0. The molecule has 3 heteroatoms. The smallest absolute Gasteiger partial charge is 0.117 e. The summed E-state index contributed by atoms with van der Waals surface area (Å²) in [5, 5.41) is 20.6. The Morgan fingerprint density at radius 1 is 1.31 bits per heavy atom. The third-order valence-electron chi connectivity index (χ3n) is 1.54. The largest absolute Gasteiger partial charge is 0.508 e. The predicted octanol–water partition coefficient (Wildman–Crippen LogP) is 1.35. The number of hydrogen-bond acceptors (Lipinski definition) is 3. The SMILES string of the molecule is OC/C=C/CNc1cccc(O)c1. The van der Waals surface area contributed by atoms with Gasteiger partial charge in [-0.15, -0.1) is 0 Å². The molecule has 0 aromatic heterocycles. The summed E-state index contributed by atoms with van der Waals surface area (Å²) in [5.74, 6) is 0.246. The van der Waals surface area contributed by atoms with E-state index in [2.05, 4.69) is 5.32 Å². The Bertz CT molecular complexity index is 284. The molecule has 0 aliphatic rings. The van der Waals surface area contributed by atoms with Gasteiger partial charge in [-0.05, 0) is 12.1 Å². The van der Waals surface area contributed by atoms with Crippen molar-refractivity contribution in [2.45, 2.75) is 0 Å². The Hall–Kier alpha value is -1.48. The van der Waals surface area contributed by atoms with Crippen LogP contribution in [0.4, 0.5) is 5.69 Å². The van der Waals surface area contributed by atoms with Crippen LogP contribution in [0.1, 0.15) is 0 Å². The first kappa shape index (κ1) is 9.61. The van der Waals surface area contributed by atoms with Gasteiger partial charge in [0.1, 0.15) is 5.75 Å². The van der Waals surface area contributed by atoms with Crippen molar-refractivity contribution in [1.29, 1.82) is 0 Å². The number of anilines is 1. The summed E-state index contributed by atoms with van der Waals surface area (Å²) < 4.78 is 0. The lowest BCUT2D eigenvalue weighted by molar-refractivity contribution is 0.342. The Kier molecular flexibility index (Phi) is 3.85. The summed E-state index contributed by atoms with van der Waals surface area (Å²) >= 11 is 0. The van der Waals surface area contributed by atoms with Gasteiger partial charge in [-0.25, -0.2) is 0 Å². The van der Waals surface area contributed by atoms with E-state index in [1.54, 1.807) is 24.3 Å². The van der Waals surface area contributed by atoms with Crippen LogP contribution in [0.3, 0.4) is 0 Å². The number of phenolic OH excluding ortho intramolecular Hbond substituents is 1. The van der Waals surface area contributed by atoms with E-state index in [0.29, 0.717) is 6.54 Å². The maximum Gasteiger partial charge on any atom is 0.117 e. The number of benzene rings is 1. The normalized spacial score (nSPS) is 10.5. The fraction of sp³-hybridized carbons (Fsp3) is 0.200. The Balaban J connectivity index is 2.41. The molecule has 0 amide bonds. The van der Waals surface area contributed by atoms with Crippen molar-refractivity contribution >= 4 is 5.69 Å². The maximum atomic E-state index is 9.12. The summed E-state index contributed by atoms with van der Waals surface area (Å²) in [5.41, 5.74) is 0.864. The number of rotatable bonds is 4. The zero-order valence-corrected chi connectivity index (χ0v) is 7.27. The Morgan fingerprint density at radius 3 is 2.85 bits per heavy atom. The highest BCUT2D eigenvalue weighted by atomic mass is 16.3. The molecule has 3 N–H and O–H groups in total. The molecule has 0 bridgehead atoms. The van der Waals surface area contributed by atoms with Gasteiger partial charge in [0.05, 0.1) is 6.61 Å². The fourth-order valence-corrected chi connectivity index (χ4v) is 0.951. The van der Waals surface area contributed by atoms with Crippen molar-refractivity contribution in [3.05, 3.63) is 36.4 Å².